The van der Waals surface area contributed by atoms with E-state index >= 15 is 0 Å². The topological polar surface area (TPSA) is 70.5 Å². The molecule has 1 aromatic carbocycles. The van der Waals surface area contributed by atoms with Gasteiger partial charge >= 0.3 is 5.69 Å². The second-order valence-corrected chi connectivity index (χ2v) is 7.80. The average Bonchev–Trinajstić information content (AvgIpc) is 2.69. The number of carbonyl (C=O) groups is 1. The van der Waals surface area contributed by atoms with Crippen molar-refractivity contribution in [3.05, 3.63) is 27.7 Å². The van der Waals surface area contributed by atoms with E-state index in [0.29, 0.717) is 13.1 Å². The molecule has 0 aliphatic carbocycles. The lowest BCUT2D eigenvalue weighted by Crippen LogP contribution is -2.60. The van der Waals surface area contributed by atoms with Crippen LogP contribution in [0.3, 0.4) is 0 Å². The minimum absolute atomic E-state index is 0.0680. The van der Waals surface area contributed by atoms with Crippen molar-refractivity contribution in [2.45, 2.75) is 25.9 Å². The molecule has 1 saturated heterocycles. The summed E-state index contributed by atoms with van der Waals surface area (Å²) >= 11 is 1.64. The molecule has 1 aromatic heterocycles. The maximum absolute atomic E-state index is 14.9. The Kier molecular flexibility index (Phi) is 3.95. The summed E-state index contributed by atoms with van der Waals surface area (Å²) in [5.74, 6) is -1.93. The molecule has 0 radical (unpaired) electrons. The molecule has 7 nitrogen and oxygen atoms in total. The van der Waals surface area contributed by atoms with Crippen LogP contribution in [0.5, 0.6) is 0 Å². The molecule has 138 valence electrons. The van der Waals surface area contributed by atoms with Gasteiger partial charge in [-0.25, -0.2) is 16.4 Å². The highest BCUT2D eigenvalue weighted by atomic mass is 127. The quantitative estimate of drug-likeness (QED) is 0.587. The van der Waals surface area contributed by atoms with Crippen LogP contribution in [0.1, 0.15) is 12.5 Å². The zero-order chi connectivity index (χ0) is 18.9. The zero-order valence-corrected chi connectivity index (χ0v) is 16.5. The van der Waals surface area contributed by atoms with Crippen molar-refractivity contribution in [3.63, 3.8) is 0 Å². The third-order valence-corrected chi connectivity index (χ3v) is 5.92. The van der Waals surface area contributed by atoms with Crippen LogP contribution in [0.15, 0.2) is 4.79 Å². The Morgan fingerprint density at radius 1 is 1.23 bits per heavy atom. The van der Waals surface area contributed by atoms with E-state index < -0.39 is 29.3 Å². The highest BCUT2D eigenvalue weighted by Crippen LogP contribution is 2.41. The van der Waals surface area contributed by atoms with Crippen molar-refractivity contribution >= 4 is 51.2 Å². The number of amides is 1. The van der Waals surface area contributed by atoms with Gasteiger partial charge in [-0.3, -0.25) is 4.79 Å². The van der Waals surface area contributed by atoms with Gasteiger partial charge in [0.15, 0.2) is 11.6 Å². The Morgan fingerprint density at radius 3 is 2.62 bits per heavy atom. The molecule has 1 amide bonds. The summed E-state index contributed by atoms with van der Waals surface area (Å²) in [6, 6.07) is -0.817. The SMILES string of the molecule is Cc1c(F)c2c3c(nc(=O)n(I)c3c1F)N1C(C)CN(C)CC1C(=O)N2. The summed E-state index contributed by atoms with van der Waals surface area (Å²) in [6.07, 6.45) is 0. The number of piperazine rings is 1. The first kappa shape index (κ1) is 17.6. The lowest BCUT2D eigenvalue weighted by molar-refractivity contribution is -0.118. The Morgan fingerprint density at radius 2 is 1.92 bits per heavy atom. The third kappa shape index (κ3) is 2.27. The number of hydrogen-bond acceptors (Lipinski definition) is 5. The second-order valence-electron chi connectivity index (χ2n) is 6.83. The summed E-state index contributed by atoms with van der Waals surface area (Å²) in [5, 5.41) is 2.72. The van der Waals surface area contributed by atoms with E-state index in [1.54, 1.807) is 27.8 Å². The molecular weight excluding hydrogens is 459 g/mol. The summed E-state index contributed by atoms with van der Waals surface area (Å²) < 4.78 is 30.7. The van der Waals surface area contributed by atoms with Crippen LogP contribution < -0.4 is 15.9 Å². The van der Waals surface area contributed by atoms with E-state index in [0.717, 1.165) is 2.78 Å². The fraction of sp³-hybridized carbons (Fsp3) is 0.438. The molecule has 1 N–H and O–H groups in total. The van der Waals surface area contributed by atoms with Gasteiger partial charge in [0, 0.05) is 24.7 Å². The standard InChI is InChI=1S/C16H16F2IN5O2/c1-6-4-22(3)5-8-15(25)20-12-9-13(11(18)7(2)10(12)17)24(19)16(26)21-14(9)23(6)8/h6,8H,4-5H2,1-3H3,(H,20,25). The van der Waals surface area contributed by atoms with Gasteiger partial charge in [-0.15, -0.1) is 0 Å². The van der Waals surface area contributed by atoms with Crippen LogP contribution in [0.4, 0.5) is 20.3 Å². The van der Waals surface area contributed by atoms with Gasteiger partial charge in [-0.1, -0.05) is 0 Å². The third-order valence-electron chi connectivity index (χ3n) is 5.03. The molecule has 0 spiro atoms. The van der Waals surface area contributed by atoms with Gasteiger partial charge in [0.25, 0.3) is 0 Å². The Hall–Kier alpha value is -1.82. The van der Waals surface area contributed by atoms with Crippen LogP contribution in [0.2, 0.25) is 0 Å². The van der Waals surface area contributed by atoms with E-state index in [1.165, 1.54) is 6.92 Å². The van der Waals surface area contributed by atoms with Crippen molar-refractivity contribution in [2.75, 3.05) is 30.4 Å². The molecule has 0 bridgehead atoms. The monoisotopic (exact) mass is 475 g/mol. The predicted octanol–water partition coefficient (Wildman–Crippen LogP) is 1.64. The fourth-order valence-electron chi connectivity index (χ4n) is 3.87. The van der Waals surface area contributed by atoms with Crippen LogP contribution in [-0.4, -0.2) is 50.8 Å². The summed E-state index contributed by atoms with van der Waals surface area (Å²) in [6.45, 7) is 4.20. The number of fused-ring (bicyclic) bond motifs is 2. The normalized spacial score (nSPS) is 23.0. The molecular formula is C16H16F2IN5O2. The number of nitrogens with one attached hydrogen (secondary N) is 1. The van der Waals surface area contributed by atoms with Crippen LogP contribution in [0.25, 0.3) is 10.9 Å². The van der Waals surface area contributed by atoms with Gasteiger partial charge in [-0.2, -0.15) is 4.98 Å². The Balaban J connectivity index is 2.17. The number of rotatable bonds is 0. The first-order chi connectivity index (χ1) is 12.2. The van der Waals surface area contributed by atoms with Crippen molar-refractivity contribution in [2.24, 2.45) is 0 Å². The minimum Gasteiger partial charge on any atom is -0.338 e. The fourth-order valence-corrected chi connectivity index (χ4v) is 4.43. The molecule has 10 heteroatoms. The Labute approximate surface area is 161 Å². The highest BCUT2D eigenvalue weighted by Gasteiger charge is 2.41. The largest absolute Gasteiger partial charge is 0.359 e. The van der Waals surface area contributed by atoms with Gasteiger partial charge in [0.2, 0.25) is 5.91 Å². The second kappa shape index (κ2) is 5.84. The van der Waals surface area contributed by atoms with E-state index in [-0.39, 0.29) is 34.0 Å². The smallest absolute Gasteiger partial charge is 0.338 e. The molecule has 2 atom stereocenters. The summed E-state index contributed by atoms with van der Waals surface area (Å²) in [5.41, 5.74) is -1.11. The lowest BCUT2D eigenvalue weighted by Gasteiger charge is -2.43. The number of halogens is 3. The number of carbonyl (C=O) groups excluding carboxylic acids is 1. The van der Waals surface area contributed by atoms with Crippen molar-refractivity contribution in [1.82, 2.24) is 12.7 Å². The number of benzene rings is 1. The van der Waals surface area contributed by atoms with Crippen molar-refractivity contribution < 1.29 is 13.6 Å². The number of aromatic nitrogens is 2. The van der Waals surface area contributed by atoms with Crippen molar-refractivity contribution in [1.29, 1.82) is 0 Å². The summed E-state index contributed by atoms with van der Waals surface area (Å²) in [4.78, 5) is 33.0. The number of likely N-dealkylation sites (N-methyl/N-ethyl adjacent to an activating group) is 1. The van der Waals surface area contributed by atoms with E-state index in [2.05, 4.69) is 10.3 Å². The molecule has 2 aromatic rings. The summed E-state index contributed by atoms with van der Waals surface area (Å²) in [7, 11) is 1.88. The lowest BCUT2D eigenvalue weighted by atomic mass is 10.1. The van der Waals surface area contributed by atoms with Crippen LogP contribution in [0, 0.1) is 18.6 Å². The predicted molar refractivity (Wildman–Crippen MR) is 102 cm³/mol. The molecule has 0 saturated carbocycles. The maximum Gasteiger partial charge on any atom is 0.359 e. The highest BCUT2D eigenvalue weighted by molar-refractivity contribution is 14.1. The first-order valence-electron chi connectivity index (χ1n) is 8.10. The van der Waals surface area contributed by atoms with Gasteiger partial charge in [-0.05, 0) is 20.9 Å². The molecule has 4 rings (SSSR count). The van der Waals surface area contributed by atoms with Crippen LogP contribution >= 0.6 is 22.9 Å². The van der Waals surface area contributed by atoms with Crippen molar-refractivity contribution in [3.8, 4) is 0 Å². The van der Waals surface area contributed by atoms with Gasteiger partial charge < -0.3 is 15.1 Å². The number of hydrogen-bond donors (Lipinski definition) is 1. The molecule has 2 aliphatic rings. The number of anilines is 2. The zero-order valence-electron chi connectivity index (χ0n) is 14.3. The molecule has 3 heterocycles. The average molecular weight is 475 g/mol. The molecule has 26 heavy (non-hydrogen) atoms. The van der Waals surface area contributed by atoms with E-state index in [1.807, 2.05) is 18.9 Å². The van der Waals surface area contributed by atoms with Gasteiger partial charge in [0.05, 0.1) is 33.9 Å². The molecule has 2 unspecified atom stereocenters. The maximum atomic E-state index is 14.9. The minimum atomic E-state index is -0.845. The van der Waals surface area contributed by atoms with Crippen LogP contribution in [-0.2, 0) is 4.79 Å². The van der Waals surface area contributed by atoms with E-state index in [4.69, 9.17) is 0 Å². The first-order valence-corrected chi connectivity index (χ1v) is 9.07. The van der Waals surface area contributed by atoms with Gasteiger partial charge in [0.1, 0.15) is 17.4 Å². The molecule has 1 fully saturated rings. The van der Waals surface area contributed by atoms with E-state index in [9.17, 15) is 18.4 Å². The Bertz CT molecular complexity index is 1020. The number of nitrogens with zero attached hydrogens (tertiary/aromatic N) is 4. The molecule has 2 aliphatic heterocycles.